The minimum Gasteiger partial charge on any atom is -0.370 e. The van der Waals surface area contributed by atoms with E-state index in [1.807, 2.05) is 26.0 Å². The molecule has 1 heterocycles. The van der Waals surface area contributed by atoms with E-state index in [2.05, 4.69) is 15.2 Å². The molecule has 0 bridgehead atoms. The summed E-state index contributed by atoms with van der Waals surface area (Å²) >= 11 is 6.17. The van der Waals surface area contributed by atoms with Crippen molar-refractivity contribution in [3.63, 3.8) is 0 Å². The van der Waals surface area contributed by atoms with E-state index in [1.54, 1.807) is 17.7 Å². The summed E-state index contributed by atoms with van der Waals surface area (Å²) in [5.41, 5.74) is 4.01. The number of rotatable bonds is 7. The molecule has 1 aromatic heterocycles. The zero-order valence-corrected chi connectivity index (χ0v) is 16.0. The van der Waals surface area contributed by atoms with Crippen molar-refractivity contribution in [1.29, 1.82) is 0 Å². The number of amides is 1. The number of carbonyl (C=O) groups excluding carboxylic acids is 1. The number of aryl methyl sites for hydroxylation is 2. The zero-order chi connectivity index (χ0) is 20.2. The van der Waals surface area contributed by atoms with Gasteiger partial charge in [-0.15, -0.1) is 0 Å². The van der Waals surface area contributed by atoms with Gasteiger partial charge in [-0.2, -0.15) is 18.3 Å². The molecule has 0 saturated heterocycles. The lowest BCUT2D eigenvalue weighted by Gasteiger charge is -2.09. The van der Waals surface area contributed by atoms with E-state index >= 15 is 0 Å². The third-order valence-electron chi connectivity index (χ3n) is 4.01. The van der Waals surface area contributed by atoms with Crippen LogP contribution in [0.5, 0.6) is 0 Å². The lowest BCUT2D eigenvalue weighted by atomic mass is 10.1. The van der Waals surface area contributed by atoms with Crippen LogP contribution < -0.4 is 5.32 Å². The van der Waals surface area contributed by atoms with Gasteiger partial charge in [-0.05, 0) is 38.5 Å². The number of hydrogen-bond acceptors (Lipinski definition) is 3. The highest BCUT2D eigenvalue weighted by Gasteiger charge is 2.27. The third-order valence-corrected chi connectivity index (χ3v) is 4.42. The lowest BCUT2D eigenvalue weighted by molar-refractivity contribution is -0.173. The molecule has 5 nitrogen and oxygen atoms in total. The Hall–Kier alpha value is -2.06. The quantitative estimate of drug-likeness (QED) is 0.717. The Morgan fingerprint density at radius 1 is 1.30 bits per heavy atom. The summed E-state index contributed by atoms with van der Waals surface area (Å²) in [4.78, 5) is 12.1. The maximum absolute atomic E-state index is 12.1. The Morgan fingerprint density at radius 3 is 2.63 bits per heavy atom. The average Bonchev–Trinajstić information content (AvgIpc) is 2.84. The minimum atomic E-state index is -4.37. The summed E-state index contributed by atoms with van der Waals surface area (Å²) in [5, 5.41) is 7.64. The number of nitrogens with one attached hydrogen (secondary N) is 1. The van der Waals surface area contributed by atoms with E-state index in [0.717, 1.165) is 22.5 Å². The Bertz CT molecular complexity index is 819. The van der Waals surface area contributed by atoms with E-state index in [1.165, 1.54) is 0 Å². The summed E-state index contributed by atoms with van der Waals surface area (Å²) < 4.78 is 42.1. The molecule has 0 unspecified atom stereocenters. The van der Waals surface area contributed by atoms with Crippen LogP contribution in [0.4, 0.5) is 13.2 Å². The van der Waals surface area contributed by atoms with E-state index in [9.17, 15) is 18.0 Å². The number of alkyl halides is 3. The van der Waals surface area contributed by atoms with Crippen molar-refractivity contribution in [3.8, 4) is 5.69 Å². The van der Waals surface area contributed by atoms with Gasteiger partial charge in [-0.1, -0.05) is 17.7 Å². The van der Waals surface area contributed by atoms with Gasteiger partial charge in [0.05, 0.1) is 24.4 Å². The van der Waals surface area contributed by atoms with Gasteiger partial charge in [0, 0.05) is 22.8 Å². The van der Waals surface area contributed by atoms with E-state index in [4.69, 9.17) is 11.6 Å². The molecule has 0 radical (unpaired) electrons. The SMILES string of the molecule is Cc1ccc(-n2nc(C)c(CC(=O)NCCOCC(F)(F)F)c2C)cc1Cl. The number of benzene rings is 1. The molecule has 0 fully saturated rings. The fourth-order valence-corrected chi connectivity index (χ4v) is 2.74. The van der Waals surface area contributed by atoms with E-state index < -0.39 is 12.8 Å². The van der Waals surface area contributed by atoms with Crippen molar-refractivity contribution in [2.45, 2.75) is 33.4 Å². The molecule has 0 saturated carbocycles. The highest BCUT2D eigenvalue weighted by atomic mass is 35.5. The maximum atomic E-state index is 12.1. The molecule has 9 heteroatoms. The molecule has 1 aromatic carbocycles. The zero-order valence-electron chi connectivity index (χ0n) is 15.3. The molecule has 0 spiro atoms. The van der Waals surface area contributed by atoms with Crippen LogP contribution in [-0.4, -0.2) is 41.6 Å². The van der Waals surface area contributed by atoms with Crippen LogP contribution in [0.3, 0.4) is 0 Å². The number of nitrogens with zero attached hydrogens (tertiary/aromatic N) is 2. The van der Waals surface area contributed by atoms with Crippen molar-refractivity contribution in [2.24, 2.45) is 0 Å². The molecule has 2 aromatic rings. The van der Waals surface area contributed by atoms with Gasteiger partial charge in [0.1, 0.15) is 6.61 Å². The average molecular weight is 404 g/mol. The minimum absolute atomic E-state index is 0.00865. The van der Waals surface area contributed by atoms with Crippen molar-refractivity contribution in [1.82, 2.24) is 15.1 Å². The largest absolute Gasteiger partial charge is 0.411 e. The van der Waals surface area contributed by atoms with Gasteiger partial charge < -0.3 is 10.1 Å². The predicted molar refractivity (Wildman–Crippen MR) is 96.4 cm³/mol. The number of hydrogen-bond donors (Lipinski definition) is 1. The standard InChI is InChI=1S/C18H21ClF3N3O2/c1-11-4-5-14(8-16(11)19)25-13(3)15(12(2)24-25)9-17(26)23-6-7-27-10-18(20,21)22/h4-5,8H,6-7,9-10H2,1-3H3,(H,23,26). The maximum Gasteiger partial charge on any atom is 0.411 e. The van der Waals surface area contributed by atoms with Crippen molar-refractivity contribution < 1.29 is 22.7 Å². The van der Waals surface area contributed by atoms with Crippen molar-refractivity contribution >= 4 is 17.5 Å². The van der Waals surface area contributed by atoms with Crippen LogP contribution in [0.15, 0.2) is 18.2 Å². The second-order valence-electron chi connectivity index (χ2n) is 6.19. The smallest absolute Gasteiger partial charge is 0.370 e. The molecular formula is C18H21ClF3N3O2. The second kappa shape index (κ2) is 8.75. The van der Waals surface area contributed by atoms with Gasteiger partial charge in [-0.3, -0.25) is 4.79 Å². The summed E-state index contributed by atoms with van der Waals surface area (Å²) in [7, 11) is 0. The van der Waals surface area contributed by atoms with Crippen LogP contribution >= 0.6 is 11.6 Å². The first-order chi connectivity index (χ1) is 12.6. The van der Waals surface area contributed by atoms with Crippen LogP contribution in [0.2, 0.25) is 5.02 Å². The van der Waals surface area contributed by atoms with Gasteiger partial charge >= 0.3 is 6.18 Å². The van der Waals surface area contributed by atoms with Crippen LogP contribution in [0.1, 0.15) is 22.5 Å². The second-order valence-corrected chi connectivity index (χ2v) is 6.60. The fraction of sp³-hybridized carbons (Fsp3) is 0.444. The Labute approximate surface area is 160 Å². The monoisotopic (exact) mass is 403 g/mol. The summed E-state index contributed by atoms with van der Waals surface area (Å²) in [6.45, 7) is 4.03. The fourth-order valence-electron chi connectivity index (χ4n) is 2.57. The van der Waals surface area contributed by atoms with Crippen molar-refractivity contribution in [2.75, 3.05) is 19.8 Å². The lowest BCUT2D eigenvalue weighted by Crippen LogP contribution is -2.30. The van der Waals surface area contributed by atoms with Gasteiger partial charge in [0.25, 0.3) is 0 Å². The van der Waals surface area contributed by atoms with Gasteiger partial charge in [0.15, 0.2) is 0 Å². The summed E-state index contributed by atoms with van der Waals surface area (Å²) in [5.74, 6) is -0.307. The van der Waals surface area contributed by atoms with Gasteiger partial charge in [0.2, 0.25) is 5.91 Å². The Kier molecular flexibility index (Phi) is 6.89. The van der Waals surface area contributed by atoms with Crippen molar-refractivity contribution in [3.05, 3.63) is 45.7 Å². The Morgan fingerprint density at radius 2 is 2.00 bits per heavy atom. The van der Waals surface area contributed by atoms with Gasteiger partial charge in [-0.25, -0.2) is 4.68 Å². The van der Waals surface area contributed by atoms with Crippen LogP contribution in [0, 0.1) is 20.8 Å². The molecule has 0 aliphatic rings. The first-order valence-electron chi connectivity index (χ1n) is 8.31. The highest BCUT2D eigenvalue weighted by molar-refractivity contribution is 6.31. The van der Waals surface area contributed by atoms with Crippen LogP contribution in [-0.2, 0) is 16.0 Å². The van der Waals surface area contributed by atoms with Crippen LogP contribution in [0.25, 0.3) is 5.69 Å². The molecule has 0 aliphatic carbocycles. The molecule has 0 aliphatic heterocycles. The third kappa shape index (κ3) is 5.97. The molecule has 2 rings (SSSR count). The number of aromatic nitrogens is 2. The topological polar surface area (TPSA) is 56.2 Å². The summed E-state index contributed by atoms with van der Waals surface area (Å²) in [6, 6.07) is 5.59. The molecular weight excluding hydrogens is 383 g/mol. The molecule has 27 heavy (non-hydrogen) atoms. The normalized spacial score (nSPS) is 11.7. The molecule has 148 valence electrons. The number of carbonyl (C=O) groups is 1. The van der Waals surface area contributed by atoms with E-state index in [-0.39, 0.29) is 25.5 Å². The molecule has 1 amide bonds. The first kappa shape index (κ1) is 21.2. The predicted octanol–water partition coefficient (Wildman–Crippen LogP) is 3.69. The number of halogens is 4. The first-order valence-corrected chi connectivity index (χ1v) is 8.69. The highest BCUT2D eigenvalue weighted by Crippen LogP contribution is 2.23. The Balaban J connectivity index is 1.98. The molecule has 1 N–H and O–H groups in total. The molecule has 0 atom stereocenters. The van der Waals surface area contributed by atoms with E-state index in [0.29, 0.717) is 10.7 Å². The summed E-state index contributed by atoms with van der Waals surface area (Å²) in [6.07, 6.45) is -4.29. The number of ether oxygens (including phenoxy) is 1.